The van der Waals surface area contributed by atoms with E-state index in [1.807, 2.05) is 0 Å². The first-order valence-corrected chi connectivity index (χ1v) is 11.5. The first kappa shape index (κ1) is 26.3. The Morgan fingerprint density at radius 2 is 1.54 bits per heavy atom. The molecular weight excluding hydrogens is 517 g/mol. The maximum absolute atomic E-state index is 14.3. The zero-order valence-corrected chi connectivity index (χ0v) is 19.9. The lowest BCUT2D eigenvalue weighted by Gasteiger charge is -2.13. The zero-order chi connectivity index (χ0) is 26.7. The second kappa shape index (κ2) is 10.7. The molecular formula is C26H19ClF5N3O2. The average Bonchev–Trinajstić information content (AvgIpc) is 3.13. The molecule has 0 unspecified atom stereocenters. The summed E-state index contributed by atoms with van der Waals surface area (Å²) < 4.78 is 70.0. The van der Waals surface area contributed by atoms with E-state index in [4.69, 9.17) is 11.6 Å². The topological polar surface area (TPSA) is 56.9 Å². The molecule has 0 amide bonds. The Labute approximate surface area is 212 Å². The SMILES string of the molecule is O=C(CCc1cccc(F)c1C(F)(F)F)Cn1nc(-c2ccc(Cl)cc2)n(Cc2ccccc2F)c1=O. The standard InChI is InChI=1S/C26H19ClF5N3O2/c27-19-11-8-17(9-12-19)24-33-35(25(37)34(24)14-18-4-1-2-6-21(18)28)15-20(36)13-10-16-5-3-7-22(29)23(16)26(30,31)32/h1-9,11-12H,10,13-15H2. The number of halogens is 6. The summed E-state index contributed by atoms with van der Waals surface area (Å²) in [5.41, 5.74) is -1.78. The van der Waals surface area contributed by atoms with Crippen molar-refractivity contribution in [3.63, 3.8) is 0 Å². The molecule has 11 heteroatoms. The first-order chi connectivity index (χ1) is 17.5. The van der Waals surface area contributed by atoms with Crippen molar-refractivity contribution in [2.75, 3.05) is 0 Å². The molecule has 0 atom stereocenters. The first-order valence-electron chi connectivity index (χ1n) is 11.1. The van der Waals surface area contributed by atoms with E-state index in [0.29, 0.717) is 16.7 Å². The molecule has 4 rings (SSSR count). The van der Waals surface area contributed by atoms with Crippen LogP contribution in [-0.2, 0) is 30.5 Å². The van der Waals surface area contributed by atoms with Gasteiger partial charge in [0.1, 0.15) is 18.2 Å². The van der Waals surface area contributed by atoms with Gasteiger partial charge in [-0.25, -0.2) is 18.3 Å². The number of carbonyl (C=O) groups excluding carboxylic acids is 1. The van der Waals surface area contributed by atoms with E-state index in [0.717, 1.165) is 16.8 Å². The van der Waals surface area contributed by atoms with Crippen molar-refractivity contribution in [1.29, 1.82) is 0 Å². The third-order valence-corrected chi connectivity index (χ3v) is 5.95. The van der Waals surface area contributed by atoms with Gasteiger partial charge in [-0.15, -0.1) is 5.10 Å². The van der Waals surface area contributed by atoms with E-state index in [9.17, 15) is 31.5 Å². The lowest BCUT2D eigenvalue weighted by atomic mass is 10.0. The Morgan fingerprint density at radius 3 is 2.22 bits per heavy atom. The number of ketones is 1. The number of carbonyl (C=O) groups is 1. The highest BCUT2D eigenvalue weighted by Gasteiger charge is 2.36. The van der Waals surface area contributed by atoms with Gasteiger partial charge >= 0.3 is 11.9 Å². The van der Waals surface area contributed by atoms with Crippen LogP contribution >= 0.6 is 11.6 Å². The average molecular weight is 536 g/mol. The van der Waals surface area contributed by atoms with Crippen LogP contribution in [0, 0.1) is 11.6 Å². The number of alkyl halides is 3. The van der Waals surface area contributed by atoms with Gasteiger partial charge in [0.2, 0.25) is 0 Å². The largest absolute Gasteiger partial charge is 0.419 e. The van der Waals surface area contributed by atoms with Crippen molar-refractivity contribution in [3.05, 3.63) is 111 Å². The molecule has 0 bridgehead atoms. The lowest BCUT2D eigenvalue weighted by molar-refractivity contribution is -0.140. The van der Waals surface area contributed by atoms with Gasteiger partial charge in [0.25, 0.3) is 0 Å². The summed E-state index contributed by atoms with van der Waals surface area (Å²) in [5.74, 6) is -2.39. The summed E-state index contributed by atoms with van der Waals surface area (Å²) in [6, 6.07) is 15.2. The van der Waals surface area contributed by atoms with Crippen LogP contribution in [0.5, 0.6) is 0 Å². The maximum atomic E-state index is 14.3. The Balaban J connectivity index is 1.61. The van der Waals surface area contributed by atoms with Crippen molar-refractivity contribution in [3.8, 4) is 11.4 Å². The molecule has 3 aromatic carbocycles. The molecule has 0 saturated carbocycles. The number of Topliss-reactive ketones (excluding diaryl/α,β-unsaturated/α-hetero) is 1. The van der Waals surface area contributed by atoms with Gasteiger partial charge in [-0.2, -0.15) is 13.2 Å². The monoisotopic (exact) mass is 535 g/mol. The molecule has 0 aliphatic rings. The minimum absolute atomic E-state index is 0.155. The van der Waals surface area contributed by atoms with Gasteiger partial charge in [0, 0.05) is 22.6 Å². The summed E-state index contributed by atoms with van der Waals surface area (Å²) in [6.07, 6.45) is -5.67. The fraction of sp³-hybridized carbons (Fsp3) is 0.192. The van der Waals surface area contributed by atoms with Gasteiger partial charge in [-0.3, -0.25) is 9.36 Å². The predicted molar refractivity (Wildman–Crippen MR) is 127 cm³/mol. The van der Waals surface area contributed by atoms with Gasteiger partial charge in [0.05, 0.1) is 12.1 Å². The smallest absolute Gasteiger partial charge is 0.298 e. The van der Waals surface area contributed by atoms with E-state index in [1.165, 1.54) is 22.8 Å². The molecule has 0 spiro atoms. The maximum Gasteiger partial charge on any atom is 0.419 e. The number of benzene rings is 3. The van der Waals surface area contributed by atoms with E-state index in [1.54, 1.807) is 30.3 Å². The van der Waals surface area contributed by atoms with E-state index >= 15 is 0 Å². The van der Waals surface area contributed by atoms with Crippen molar-refractivity contribution in [2.45, 2.75) is 32.1 Å². The van der Waals surface area contributed by atoms with Crippen molar-refractivity contribution < 1.29 is 26.7 Å². The molecule has 192 valence electrons. The zero-order valence-electron chi connectivity index (χ0n) is 19.1. The summed E-state index contributed by atoms with van der Waals surface area (Å²) in [7, 11) is 0. The van der Waals surface area contributed by atoms with E-state index in [2.05, 4.69) is 5.10 Å². The van der Waals surface area contributed by atoms with Crippen LogP contribution in [0.4, 0.5) is 22.0 Å². The molecule has 0 saturated heterocycles. The van der Waals surface area contributed by atoms with E-state index in [-0.39, 0.29) is 36.3 Å². The number of rotatable bonds is 8. The summed E-state index contributed by atoms with van der Waals surface area (Å²) in [5, 5.41) is 4.68. The van der Waals surface area contributed by atoms with Gasteiger partial charge < -0.3 is 0 Å². The molecule has 0 aliphatic heterocycles. The van der Waals surface area contributed by atoms with Crippen LogP contribution in [-0.4, -0.2) is 20.1 Å². The number of hydrogen-bond donors (Lipinski definition) is 0. The molecule has 37 heavy (non-hydrogen) atoms. The Bertz CT molecular complexity index is 1490. The van der Waals surface area contributed by atoms with Gasteiger partial charge in [0.15, 0.2) is 11.6 Å². The van der Waals surface area contributed by atoms with Crippen molar-refractivity contribution in [1.82, 2.24) is 14.3 Å². The number of aryl methyl sites for hydroxylation is 1. The molecule has 0 radical (unpaired) electrons. The quantitative estimate of drug-likeness (QED) is 0.264. The molecule has 0 fully saturated rings. The molecule has 0 aliphatic carbocycles. The number of aromatic nitrogens is 3. The number of hydrogen-bond acceptors (Lipinski definition) is 3. The minimum Gasteiger partial charge on any atom is -0.298 e. The predicted octanol–water partition coefficient (Wildman–Crippen LogP) is 5.91. The highest BCUT2D eigenvalue weighted by Crippen LogP contribution is 2.34. The van der Waals surface area contributed by atoms with E-state index < -0.39 is 41.4 Å². The Morgan fingerprint density at radius 1 is 0.892 bits per heavy atom. The van der Waals surface area contributed by atoms with Crippen LogP contribution in [0.15, 0.2) is 71.5 Å². The number of nitrogens with zero attached hydrogens (tertiary/aromatic N) is 3. The van der Waals surface area contributed by atoms with Crippen LogP contribution in [0.3, 0.4) is 0 Å². The summed E-state index contributed by atoms with van der Waals surface area (Å²) in [6.45, 7) is -0.698. The minimum atomic E-state index is -4.92. The molecule has 0 N–H and O–H groups in total. The van der Waals surface area contributed by atoms with Crippen molar-refractivity contribution >= 4 is 17.4 Å². The molecule has 1 aromatic heterocycles. The second-order valence-electron chi connectivity index (χ2n) is 8.26. The Hall–Kier alpha value is -3.79. The third kappa shape index (κ3) is 5.96. The van der Waals surface area contributed by atoms with Crippen LogP contribution < -0.4 is 5.69 Å². The summed E-state index contributed by atoms with van der Waals surface area (Å²) in [4.78, 5) is 25.8. The van der Waals surface area contributed by atoms with Gasteiger partial charge in [-0.1, -0.05) is 41.9 Å². The highest BCUT2D eigenvalue weighted by molar-refractivity contribution is 6.30. The summed E-state index contributed by atoms with van der Waals surface area (Å²) >= 11 is 5.95. The fourth-order valence-electron chi connectivity index (χ4n) is 3.91. The van der Waals surface area contributed by atoms with Gasteiger partial charge in [-0.05, 0) is 48.4 Å². The van der Waals surface area contributed by atoms with Crippen LogP contribution in [0.25, 0.3) is 11.4 Å². The van der Waals surface area contributed by atoms with Crippen molar-refractivity contribution in [2.24, 2.45) is 0 Å². The van der Waals surface area contributed by atoms with Crippen LogP contribution in [0.1, 0.15) is 23.1 Å². The fourth-order valence-corrected chi connectivity index (χ4v) is 4.04. The highest BCUT2D eigenvalue weighted by atomic mass is 35.5. The third-order valence-electron chi connectivity index (χ3n) is 5.69. The molecule has 5 nitrogen and oxygen atoms in total. The second-order valence-corrected chi connectivity index (χ2v) is 8.70. The molecule has 4 aromatic rings. The molecule has 1 heterocycles. The lowest BCUT2D eigenvalue weighted by Crippen LogP contribution is -2.28. The normalized spacial score (nSPS) is 11.6. The van der Waals surface area contributed by atoms with Crippen LogP contribution in [0.2, 0.25) is 5.02 Å². The Kier molecular flexibility index (Phi) is 7.58.